The molecule has 1 fully saturated rings. The van der Waals surface area contributed by atoms with E-state index in [9.17, 15) is 4.79 Å². The Morgan fingerprint density at radius 1 is 1.56 bits per heavy atom. The highest BCUT2D eigenvalue weighted by atomic mass is 79.9. The Bertz CT molecular complexity index is 379. The number of hydrogen-bond donors (Lipinski definition) is 2. The first-order valence-corrected chi connectivity index (χ1v) is 6.65. The summed E-state index contributed by atoms with van der Waals surface area (Å²) in [6.45, 7) is 2.82. The zero-order chi connectivity index (χ0) is 12.1. The minimum Gasteiger partial charge on any atom is -0.350 e. The minimum atomic E-state index is -0.0944. The predicted molar refractivity (Wildman–Crippen MR) is 77.1 cm³/mol. The third-order valence-corrected chi connectivity index (χ3v) is 3.38. The van der Waals surface area contributed by atoms with E-state index in [1.165, 1.54) is 12.8 Å². The molecule has 4 nitrogen and oxygen atoms in total. The molecule has 1 saturated heterocycles. The molecule has 2 N–H and O–H groups in total. The first kappa shape index (κ1) is 15.4. The molecule has 100 valence electrons. The Morgan fingerprint density at radius 3 is 3.00 bits per heavy atom. The molecule has 1 amide bonds. The van der Waals surface area contributed by atoms with Crippen molar-refractivity contribution in [3.8, 4) is 0 Å². The second kappa shape index (κ2) is 7.71. The van der Waals surface area contributed by atoms with Crippen LogP contribution < -0.4 is 10.6 Å². The van der Waals surface area contributed by atoms with Crippen LogP contribution in [0.1, 0.15) is 23.3 Å². The summed E-state index contributed by atoms with van der Waals surface area (Å²) in [6, 6.07) is 3.54. The molecule has 0 radical (unpaired) electrons. The zero-order valence-corrected chi connectivity index (χ0v) is 12.4. The quantitative estimate of drug-likeness (QED) is 0.889. The van der Waals surface area contributed by atoms with E-state index in [1.807, 2.05) is 6.07 Å². The number of carbonyl (C=O) groups excluding carboxylic acids is 1. The van der Waals surface area contributed by atoms with E-state index in [0.29, 0.717) is 11.6 Å². The number of nitrogens with zero attached hydrogens (tertiary/aromatic N) is 1. The van der Waals surface area contributed by atoms with Gasteiger partial charge >= 0.3 is 0 Å². The monoisotopic (exact) mass is 333 g/mol. The number of piperidine rings is 1. The summed E-state index contributed by atoms with van der Waals surface area (Å²) in [5, 5.41) is 6.26. The molecule has 2 rings (SSSR count). The second-order valence-corrected chi connectivity index (χ2v) is 5.20. The van der Waals surface area contributed by atoms with Crippen LogP contribution in [-0.2, 0) is 0 Å². The van der Waals surface area contributed by atoms with Gasteiger partial charge in [-0.15, -0.1) is 12.4 Å². The van der Waals surface area contributed by atoms with Crippen LogP contribution in [0.2, 0.25) is 0 Å². The van der Waals surface area contributed by atoms with Crippen LogP contribution in [0.15, 0.2) is 22.8 Å². The van der Waals surface area contributed by atoms with Gasteiger partial charge in [-0.3, -0.25) is 4.79 Å². The Balaban J connectivity index is 0.00000162. The fourth-order valence-electron chi connectivity index (χ4n) is 1.94. The zero-order valence-electron chi connectivity index (χ0n) is 9.99. The van der Waals surface area contributed by atoms with Gasteiger partial charge in [0, 0.05) is 17.2 Å². The van der Waals surface area contributed by atoms with Crippen molar-refractivity contribution in [1.82, 2.24) is 15.6 Å². The van der Waals surface area contributed by atoms with E-state index >= 15 is 0 Å². The maximum Gasteiger partial charge on any atom is 0.269 e. The lowest BCUT2D eigenvalue weighted by atomic mass is 10.00. The van der Waals surface area contributed by atoms with Gasteiger partial charge in [-0.05, 0) is 59.9 Å². The average Bonchev–Trinajstić information content (AvgIpc) is 2.38. The highest BCUT2D eigenvalue weighted by Gasteiger charge is 2.14. The highest BCUT2D eigenvalue weighted by molar-refractivity contribution is 9.10. The normalized spacial score (nSPS) is 18.8. The van der Waals surface area contributed by atoms with Gasteiger partial charge in [0.25, 0.3) is 5.91 Å². The van der Waals surface area contributed by atoms with Crippen LogP contribution in [0.25, 0.3) is 0 Å². The van der Waals surface area contributed by atoms with E-state index in [1.54, 1.807) is 12.3 Å². The van der Waals surface area contributed by atoms with Crippen LogP contribution in [0, 0.1) is 5.92 Å². The van der Waals surface area contributed by atoms with Crippen LogP contribution in [-0.4, -0.2) is 30.5 Å². The van der Waals surface area contributed by atoms with Crippen molar-refractivity contribution in [2.45, 2.75) is 12.8 Å². The predicted octanol–water partition coefficient (Wildman–Crippen LogP) is 2.00. The van der Waals surface area contributed by atoms with Crippen molar-refractivity contribution in [3.63, 3.8) is 0 Å². The summed E-state index contributed by atoms with van der Waals surface area (Å²) >= 11 is 3.29. The van der Waals surface area contributed by atoms with E-state index in [0.717, 1.165) is 24.1 Å². The average molecular weight is 335 g/mol. The molecule has 18 heavy (non-hydrogen) atoms. The number of rotatable bonds is 3. The lowest BCUT2D eigenvalue weighted by Crippen LogP contribution is -2.38. The van der Waals surface area contributed by atoms with Crippen molar-refractivity contribution < 1.29 is 4.79 Å². The van der Waals surface area contributed by atoms with Crippen LogP contribution in [0.5, 0.6) is 0 Å². The molecule has 0 saturated carbocycles. The van der Waals surface area contributed by atoms with Gasteiger partial charge in [0.05, 0.1) is 0 Å². The lowest BCUT2D eigenvalue weighted by Gasteiger charge is -2.22. The maximum absolute atomic E-state index is 11.8. The molecule has 0 aromatic carbocycles. The van der Waals surface area contributed by atoms with E-state index in [-0.39, 0.29) is 18.3 Å². The van der Waals surface area contributed by atoms with Crippen molar-refractivity contribution in [1.29, 1.82) is 0 Å². The molecular formula is C12H17BrClN3O. The summed E-state index contributed by atoms with van der Waals surface area (Å²) < 4.78 is 0.880. The van der Waals surface area contributed by atoms with Gasteiger partial charge in [0.1, 0.15) is 5.69 Å². The van der Waals surface area contributed by atoms with Gasteiger partial charge in [-0.1, -0.05) is 0 Å². The molecule has 1 atom stereocenters. The summed E-state index contributed by atoms with van der Waals surface area (Å²) in [5.74, 6) is 0.450. The van der Waals surface area contributed by atoms with Crippen molar-refractivity contribution >= 4 is 34.2 Å². The molecule has 2 heterocycles. The Morgan fingerprint density at radius 2 is 2.39 bits per heavy atom. The van der Waals surface area contributed by atoms with E-state index in [4.69, 9.17) is 0 Å². The smallest absolute Gasteiger partial charge is 0.269 e. The third-order valence-electron chi connectivity index (χ3n) is 2.91. The number of pyridine rings is 1. The molecule has 0 bridgehead atoms. The molecule has 6 heteroatoms. The maximum atomic E-state index is 11.8. The summed E-state index contributed by atoms with van der Waals surface area (Å²) in [7, 11) is 0. The molecular weight excluding hydrogens is 318 g/mol. The number of carbonyl (C=O) groups is 1. The second-order valence-electron chi connectivity index (χ2n) is 4.28. The van der Waals surface area contributed by atoms with Crippen LogP contribution in [0.4, 0.5) is 0 Å². The van der Waals surface area contributed by atoms with Crippen molar-refractivity contribution in [2.24, 2.45) is 5.92 Å². The number of aromatic nitrogens is 1. The molecule has 0 aliphatic carbocycles. The molecule has 1 unspecified atom stereocenters. The largest absolute Gasteiger partial charge is 0.350 e. The topological polar surface area (TPSA) is 54.0 Å². The van der Waals surface area contributed by atoms with Crippen LogP contribution in [0.3, 0.4) is 0 Å². The lowest BCUT2D eigenvalue weighted by molar-refractivity contribution is 0.0940. The Labute approximate surface area is 121 Å². The Kier molecular flexibility index (Phi) is 6.60. The van der Waals surface area contributed by atoms with Crippen molar-refractivity contribution in [3.05, 3.63) is 28.5 Å². The fraction of sp³-hybridized carbons (Fsp3) is 0.500. The van der Waals surface area contributed by atoms with Gasteiger partial charge in [0.2, 0.25) is 0 Å². The van der Waals surface area contributed by atoms with Gasteiger partial charge < -0.3 is 10.6 Å². The van der Waals surface area contributed by atoms with E-state index < -0.39 is 0 Å². The van der Waals surface area contributed by atoms with Gasteiger partial charge in [0.15, 0.2) is 0 Å². The summed E-state index contributed by atoms with van der Waals surface area (Å²) in [4.78, 5) is 15.9. The summed E-state index contributed by atoms with van der Waals surface area (Å²) in [6.07, 6.45) is 4.01. The van der Waals surface area contributed by atoms with Crippen molar-refractivity contribution in [2.75, 3.05) is 19.6 Å². The number of nitrogens with one attached hydrogen (secondary N) is 2. The standard InChI is InChI=1S/C12H16BrN3O.ClH/c13-10-3-4-11(15-8-10)12(17)16-7-9-2-1-5-14-6-9;/h3-4,8-9,14H,1-2,5-7H2,(H,16,17);1H. The molecule has 1 aliphatic heterocycles. The Hall–Kier alpha value is -0.650. The first-order valence-electron chi connectivity index (χ1n) is 5.86. The molecule has 1 aromatic rings. The number of halogens is 2. The first-order chi connectivity index (χ1) is 8.25. The molecule has 0 spiro atoms. The number of amides is 1. The number of hydrogen-bond acceptors (Lipinski definition) is 3. The van der Waals surface area contributed by atoms with Gasteiger partial charge in [-0.2, -0.15) is 0 Å². The molecule has 1 aromatic heterocycles. The fourth-order valence-corrected chi connectivity index (χ4v) is 2.17. The SMILES string of the molecule is Cl.O=C(NCC1CCCNC1)c1ccc(Br)cn1. The van der Waals surface area contributed by atoms with Crippen LogP contribution >= 0.6 is 28.3 Å². The third kappa shape index (κ3) is 4.55. The summed E-state index contributed by atoms with van der Waals surface area (Å²) in [5.41, 5.74) is 0.469. The molecule has 1 aliphatic rings. The highest BCUT2D eigenvalue weighted by Crippen LogP contribution is 2.09. The van der Waals surface area contributed by atoms with Gasteiger partial charge in [-0.25, -0.2) is 4.98 Å². The van der Waals surface area contributed by atoms with E-state index in [2.05, 4.69) is 31.5 Å². The minimum absolute atomic E-state index is 0.